The number of carbonyl (C=O) groups excluding carboxylic acids is 2. The van der Waals surface area contributed by atoms with Crippen LogP contribution < -0.4 is 11.1 Å². The van der Waals surface area contributed by atoms with Crippen LogP contribution in [0.1, 0.15) is 47.5 Å². The second-order valence-electron chi connectivity index (χ2n) is 5.68. The minimum absolute atomic E-state index is 0.285. The Balaban J connectivity index is 4.53. The van der Waals surface area contributed by atoms with Gasteiger partial charge in [0.05, 0.1) is 12.6 Å². The first-order chi connectivity index (χ1) is 8.77. The predicted octanol–water partition coefficient (Wildman–Crippen LogP) is 1.45. The van der Waals surface area contributed by atoms with E-state index in [2.05, 4.69) is 5.32 Å². The fourth-order valence-electron chi connectivity index (χ4n) is 1.82. The Bertz CT molecular complexity index is 290. The monoisotopic (exact) mass is 272 g/mol. The normalized spacial score (nSPS) is 14.3. The molecule has 0 saturated heterocycles. The van der Waals surface area contributed by atoms with Gasteiger partial charge in [-0.3, -0.25) is 4.79 Å². The summed E-state index contributed by atoms with van der Waals surface area (Å²) in [6, 6.07) is -1.19. The molecule has 5 nitrogen and oxygen atoms in total. The molecule has 0 aliphatic carbocycles. The molecule has 112 valence electrons. The quantitative estimate of drug-likeness (QED) is 0.655. The maximum absolute atomic E-state index is 11.9. The zero-order valence-corrected chi connectivity index (χ0v) is 12.7. The van der Waals surface area contributed by atoms with Gasteiger partial charge in [0.15, 0.2) is 0 Å². The summed E-state index contributed by atoms with van der Waals surface area (Å²) < 4.78 is 4.97. The van der Waals surface area contributed by atoms with Gasteiger partial charge in [-0.05, 0) is 31.6 Å². The number of hydrogen-bond donors (Lipinski definition) is 2. The van der Waals surface area contributed by atoms with E-state index >= 15 is 0 Å². The molecule has 5 heteroatoms. The Kier molecular flexibility index (Phi) is 8.39. The van der Waals surface area contributed by atoms with Gasteiger partial charge in [0.1, 0.15) is 6.04 Å². The molecule has 1 amide bonds. The summed E-state index contributed by atoms with van der Waals surface area (Å²) in [6.07, 6.45) is 1.15. The molecule has 0 bridgehead atoms. The Morgan fingerprint density at radius 2 is 1.63 bits per heavy atom. The molecule has 3 N–H and O–H groups in total. The largest absolute Gasteiger partial charge is 0.464 e. The highest BCUT2D eigenvalue weighted by Gasteiger charge is 2.25. The van der Waals surface area contributed by atoms with Crippen LogP contribution in [0.25, 0.3) is 0 Å². The third-order valence-electron chi connectivity index (χ3n) is 2.66. The average molecular weight is 272 g/mol. The molecule has 0 radical (unpaired) electrons. The van der Waals surface area contributed by atoms with Gasteiger partial charge in [0, 0.05) is 0 Å². The maximum atomic E-state index is 11.9. The van der Waals surface area contributed by atoms with Crippen molar-refractivity contribution in [3.8, 4) is 0 Å². The first-order valence-corrected chi connectivity index (χ1v) is 7.00. The summed E-state index contributed by atoms with van der Waals surface area (Å²) in [4.78, 5) is 23.7. The zero-order valence-electron chi connectivity index (χ0n) is 12.7. The van der Waals surface area contributed by atoms with Crippen LogP contribution in [0, 0.1) is 11.8 Å². The number of rotatable bonds is 8. The lowest BCUT2D eigenvalue weighted by Crippen LogP contribution is -2.49. The zero-order chi connectivity index (χ0) is 15.0. The lowest BCUT2D eigenvalue weighted by atomic mass is 10.0. The van der Waals surface area contributed by atoms with Crippen LogP contribution in [0.2, 0.25) is 0 Å². The van der Waals surface area contributed by atoms with Crippen molar-refractivity contribution < 1.29 is 14.3 Å². The molecule has 0 fully saturated rings. The van der Waals surface area contributed by atoms with Crippen LogP contribution in [-0.2, 0) is 14.3 Å². The van der Waals surface area contributed by atoms with Gasteiger partial charge < -0.3 is 15.8 Å². The highest BCUT2D eigenvalue weighted by Crippen LogP contribution is 2.08. The lowest BCUT2D eigenvalue weighted by molar-refractivity contribution is -0.148. The van der Waals surface area contributed by atoms with Crippen molar-refractivity contribution in [3.05, 3.63) is 0 Å². The van der Waals surface area contributed by atoms with Gasteiger partial charge in [-0.1, -0.05) is 27.7 Å². The number of nitrogens with one attached hydrogen (secondary N) is 1. The third kappa shape index (κ3) is 7.82. The van der Waals surface area contributed by atoms with Crippen LogP contribution in [0.4, 0.5) is 0 Å². The average Bonchev–Trinajstić information content (AvgIpc) is 2.26. The van der Waals surface area contributed by atoms with Crippen LogP contribution in [0.15, 0.2) is 0 Å². The van der Waals surface area contributed by atoms with Crippen LogP contribution in [0.5, 0.6) is 0 Å². The van der Waals surface area contributed by atoms with Crippen LogP contribution in [-0.4, -0.2) is 30.6 Å². The second-order valence-corrected chi connectivity index (χ2v) is 5.68. The highest BCUT2D eigenvalue weighted by atomic mass is 16.5. The Labute approximate surface area is 116 Å². The van der Waals surface area contributed by atoms with Crippen molar-refractivity contribution in [2.75, 3.05) is 6.61 Å². The van der Waals surface area contributed by atoms with Gasteiger partial charge in [0.2, 0.25) is 5.91 Å². The van der Waals surface area contributed by atoms with E-state index in [9.17, 15) is 9.59 Å². The van der Waals surface area contributed by atoms with Gasteiger partial charge in [-0.15, -0.1) is 0 Å². The second kappa shape index (κ2) is 8.91. The minimum Gasteiger partial charge on any atom is -0.464 e. The standard InChI is InChI=1S/C14H28N2O3/c1-6-19-14(18)12(8-10(4)5)16-13(17)11(15)7-9(2)3/h9-12H,6-8,15H2,1-5H3,(H,16,17)/t11-,12-/m0/s1. The first-order valence-electron chi connectivity index (χ1n) is 7.00. The molecule has 0 aromatic heterocycles. The van der Waals surface area contributed by atoms with Gasteiger partial charge in [-0.25, -0.2) is 4.79 Å². The van der Waals surface area contributed by atoms with E-state index in [0.29, 0.717) is 25.4 Å². The number of esters is 1. The molecule has 0 saturated carbocycles. The summed E-state index contributed by atoms with van der Waals surface area (Å²) in [7, 11) is 0. The molecule has 0 spiro atoms. The number of hydrogen-bond acceptors (Lipinski definition) is 4. The molecule has 0 rings (SSSR count). The maximum Gasteiger partial charge on any atom is 0.328 e. The number of nitrogens with two attached hydrogens (primary N) is 1. The van der Waals surface area contributed by atoms with Crippen molar-refractivity contribution in [1.29, 1.82) is 0 Å². The van der Waals surface area contributed by atoms with E-state index in [1.54, 1.807) is 6.92 Å². The van der Waals surface area contributed by atoms with Gasteiger partial charge in [-0.2, -0.15) is 0 Å². The molecule has 19 heavy (non-hydrogen) atoms. The predicted molar refractivity (Wildman–Crippen MR) is 75.4 cm³/mol. The Morgan fingerprint density at radius 1 is 1.11 bits per heavy atom. The lowest BCUT2D eigenvalue weighted by Gasteiger charge is -2.21. The molecule has 0 aliphatic heterocycles. The van der Waals surface area contributed by atoms with E-state index in [-0.39, 0.29) is 17.8 Å². The van der Waals surface area contributed by atoms with E-state index in [1.807, 2.05) is 27.7 Å². The van der Waals surface area contributed by atoms with Crippen molar-refractivity contribution in [1.82, 2.24) is 5.32 Å². The summed E-state index contributed by atoms with van der Waals surface area (Å²) in [5, 5.41) is 2.70. The Hall–Kier alpha value is -1.10. The SMILES string of the molecule is CCOC(=O)[C@H](CC(C)C)NC(=O)[C@@H](N)CC(C)C. The molecule has 0 unspecified atom stereocenters. The number of ether oxygens (including phenoxy) is 1. The van der Waals surface area contributed by atoms with Gasteiger partial charge in [0.25, 0.3) is 0 Å². The van der Waals surface area contributed by atoms with Crippen molar-refractivity contribution >= 4 is 11.9 Å². The molecule has 0 aromatic carbocycles. The molecule has 0 aromatic rings. The summed E-state index contributed by atoms with van der Waals surface area (Å²) in [5.74, 6) is -0.0448. The van der Waals surface area contributed by atoms with E-state index in [4.69, 9.17) is 10.5 Å². The first kappa shape index (κ1) is 17.9. The fraction of sp³-hybridized carbons (Fsp3) is 0.857. The minimum atomic E-state index is -0.606. The van der Waals surface area contributed by atoms with Crippen LogP contribution in [0.3, 0.4) is 0 Å². The molecular formula is C14H28N2O3. The molecular weight excluding hydrogens is 244 g/mol. The van der Waals surface area contributed by atoms with Gasteiger partial charge >= 0.3 is 5.97 Å². The van der Waals surface area contributed by atoms with Crippen molar-refractivity contribution in [2.45, 2.75) is 59.5 Å². The van der Waals surface area contributed by atoms with E-state index in [1.165, 1.54) is 0 Å². The van der Waals surface area contributed by atoms with Crippen molar-refractivity contribution in [3.63, 3.8) is 0 Å². The summed E-state index contributed by atoms with van der Waals surface area (Å²) >= 11 is 0. The third-order valence-corrected chi connectivity index (χ3v) is 2.66. The molecule has 2 atom stereocenters. The van der Waals surface area contributed by atoms with Crippen molar-refractivity contribution in [2.24, 2.45) is 17.6 Å². The summed E-state index contributed by atoms with van der Waals surface area (Å²) in [5.41, 5.74) is 5.81. The summed E-state index contributed by atoms with van der Waals surface area (Å²) in [6.45, 7) is 10.0. The number of amides is 1. The smallest absolute Gasteiger partial charge is 0.328 e. The highest BCUT2D eigenvalue weighted by molar-refractivity contribution is 5.87. The van der Waals surface area contributed by atoms with E-state index < -0.39 is 12.1 Å². The number of carbonyl (C=O) groups is 2. The topological polar surface area (TPSA) is 81.4 Å². The molecule has 0 heterocycles. The van der Waals surface area contributed by atoms with E-state index in [0.717, 1.165) is 0 Å². The Morgan fingerprint density at radius 3 is 2.05 bits per heavy atom. The fourth-order valence-corrected chi connectivity index (χ4v) is 1.82. The van der Waals surface area contributed by atoms with Crippen LogP contribution >= 0.6 is 0 Å². The molecule has 0 aliphatic rings.